The van der Waals surface area contributed by atoms with Crippen LogP contribution in [-0.4, -0.2) is 25.5 Å². The van der Waals surface area contributed by atoms with E-state index in [-0.39, 0.29) is 0 Å². The van der Waals surface area contributed by atoms with Crippen molar-refractivity contribution in [3.8, 4) is 5.75 Å². The Labute approximate surface area is 163 Å². The average Bonchev–Trinajstić information content (AvgIpc) is 2.60. The Bertz CT molecular complexity index is 759. The van der Waals surface area contributed by atoms with E-state index in [0.717, 1.165) is 11.3 Å². The second-order valence-electron chi connectivity index (χ2n) is 5.06. The number of anilines is 1. The molecule has 2 amide bonds. The van der Waals surface area contributed by atoms with Gasteiger partial charge >= 0.3 is 11.8 Å². The summed E-state index contributed by atoms with van der Waals surface area (Å²) in [5, 5.41) is 5.69. The van der Waals surface area contributed by atoms with Gasteiger partial charge in [0.05, 0.1) is 21.6 Å². The molecule has 25 heavy (non-hydrogen) atoms. The molecule has 0 saturated heterocycles. The summed E-state index contributed by atoms with van der Waals surface area (Å²) in [4.78, 5) is 23.8. The summed E-state index contributed by atoms with van der Waals surface area (Å²) >= 11 is 15.1. The van der Waals surface area contributed by atoms with Crippen LogP contribution in [0, 0.1) is 0 Å². The van der Waals surface area contributed by atoms with Crippen molar-refractivity contribution >= 4 is 56.6 Å². The monoisotopic (exact) mass is 444 g/mol. The standard InChI is InChI=1S/C17H15BrCl2N2O3/c1-25-12-4-2-10(3-5-12)6-7-21-16(23)17(24)22-11-8-13(19)15(18)14(20)9-11/h2-5,8-9H,6-7H2,1H3,(H,21,23)(H,22,24). The van der Waals surface area contributed by atoms with Gasteiger partial charge in [-0.15, -0.1) is 0 Å². The Morgan fingerprint density at radius 3 is 2.24 bits per heavy atom. The van der Waals surface area contributed by atoms with Gasteiger partial charge < -0.3 is 15.4 Å². The molecule has 0 bridgehead atoms. The lowest BCUT2D eigenvalue weighted by Crippen LogP contribution is -2.36. The number of carbonyl (C=O) groups excluding carboxylic acids is 2. The number of ether oxygens (including phenoxy) is 1. The van der Waals surface area contributed by atoms with E-state index in [1.54, 1.807) is 7.11 Å². The van der Waals surface area contributed by atoms with Gasteiger partial charge in [0, 0.05) is 12.2 Å². The molecule has 8 heteroatoms. The lowest BCUT2D eigenvalue weighted by atomic mass is 10.1. The highest BCUT2D eigenvalue weighted by Gasteiger charge is 2.14. The molecular formula is C17H15BrCl2N2O3. The molecule has 0 radical (unpaired) electrons. The first-order chi connectivity index (χ1) is 11.9. The second kappa shape index (κ2) is 9.08. The van der Waals surface area contributed by atoms with Crippen molar-refractivity contribution < 1.29 is 14.3 Å². The minimum absolute atomic E-state index is 0.334. The molecule has 0 spiro atoms. The Kier molecular flexibility index (Phi) is 7.11. The molecule has 0 fully saturated rings. The Morgan fingerprint density at radius 1 is 1.08 bits per heavy atom. The number of nitrogens with one attached hydrogen (secondary N) is 2. The Balaban J connectivity index is 1.84. The number of benzene rings is 2. The molecular weight excluding hydrogens is 431 g/mol. The fourth-order valence-electron chi connectivity index (χ4n) is 2.01. The van der Waals surface area contributed by atoms with Gasteiger partial charge in [-0.2, -0.15) is 0 Å². The third-order valence-corrected chi connectivity index (χ3v) is 5.21. The van der Waals surface area contributed by atoms with Crippen LogP contribution in [0.5, 0.6) is 5.75 Å². The van der Waals surface area contributed by atoms with Gasteiger partial charge in [-0.3, -0.25) is 9.59 Å². The molecule has 132 valence electrons. The molecule has 0 atom stereocenters. The summed E-state index contributed by atoms with van der Waals surface area (Å²) in [6.45, 7) is 0.334. The third-order valence-electron chi connectivity index (χ3n) is 3.31. The molecule has 0 aromatic heterocycles. The number of hydrogen-bond acceptors (Lipinski definition) is 3. The summed E-state index contributed by atoms with van der Waals surface area (Å²) in [5.41, 5.74) is 1.36. The maximum atomic E-state index is 11.9. The minimum atomic E-state index is -0.788. The van der Waals surface area contributed by atoms with Crippen LogP contribution in [0.4, 0.5) is 5.69 Å². The van der Waals surface area contributed by atoms with Crippen molar-refractivity contribution in [1.29, 1.82) is 0 Å². The predicted molar refractivity (Wildman–Crippen MR) is 102 cm³/mol. The molecule has 0 aliphatic carbocycles. The maximum absolute atomic E-state index is 11.9. The van der Waals surface area contributed by atoms with Gasteiger partial charge in [0.2, 0.25) is 0 Å². The van der Waals surface area contributed by atoms with E-state index in [9.17, 15) is 9.59 Å². The van der Waals surface area contributed by atoms with Crippen molar-refractivity contribution in [1.82, 2.24) is 5.32 Å². The Hall–Kier alpha value is -1.76. The molecule has 2 rings (SSSR count). The topological polar surface area (TPSA) is 67.4 Å². The van der Waals surface area contributed by atoms with E-state index in [2.05, 4.69) is 26.6 Å². The smallest absolute Gasteiger partial charge is 0.313 e. The van der Waals surface area contributed by atoms with Crippen LogP contribution in [0.15, 0.2) is 40.9 Å². The molecule has 0 heterocycles. The number of methoxy groups -OCH3 is 1. The lowest BCUT2D eigenvalue weighted by molar-refractivity contribution is -0.136. The molecule has 0 saturated carbocycles. The highest BCUT2D eigenvalue weighted by atomic mass is 79.9. The molecule has 0 unspecified atom stereocenters. The van der Waals surface area contributed by atoms with Crippen LogP contribution >= 0.6 is 39.1 Å². The van der Waals surface area contributed by atoms with Crippen LogP contribution in [0.1, 0.15) is 5.56 Å². The minimum Gasteiger partial charge on any atom is -0.497 e. The summed E-state index contributed by atoms with van der Waals surface area (Å²) in [6.07, 6.45) is 0.596. The van der Waals surface area contributed by atoms with Gasteiger partial charge in [0.15, 0.2) is 0 Å². The van der Waals surface area contributed by atoms with E-state index in [0.29, 0.717) is 33.2 Å². The first kappa shape index (κ1) is 19.6. The van der Waals surface area contributed by atoms with Gasteiger partial charge in [-0.25, -0.2) is 0 Å². The largest absolute Gasteiger partial charge is 0.497 e. The maximum Gasteiger partial charge on any atom is 0.313 e. The SMILES string of the molecule is COc1ccc(CCNC(=O)C(=O)Nc2cc(Cl)c(Br)c(Cl)c2)cc1. The lowest BCUT2D eigenvalue weighted by Gasteiger charge is -2.09. The average molecular weight is 446 g/mol. The first-order valence-electron chi connectivity index (χ1n) is 7.27. The van der Waals surface area contributed by atoms with Crippen molar-refractivity contribution in [2.45, 2.75) is 6.42 Å². The van der Waals surface area contributed by atoms with Crippen LogP contribution in [0.2, 0.25) is 10.0 Å². The quantitative estimate of drug-likeness (QED) is 0.538. The van der Waals surface area contributed by atoms with Crippen molar-refractivity contribution in [3.63, 3.8) is 0 Å². The number of halogens is 3. The molecule has 2 aromatic rings. The number of amides is 2. The highest BCUT2D eigenvalue weighted by molar-refractivity contribution is 9.10. The Morgan fingerprint density at radius 2 is 1.68 bits per heavy atom. The third kappa shape index (κ3) is 5.63. The summed E-state index contributed by atoms with van der Waals surface area (Å²) < 4.78 is 5.61. The van der Waals surface area contributed by atoms with Crippen molar-refractivity contribution in [2.24, 2.45) is 0 Å². The van der Waals surface area contributed by atoms with E-state index in [1.165, 1.54) is 12.1 Å². The van der Waals surface area contributed by atoms with Crippen molar-refractivity contribution in [2.75, 3.05) is 19.0 Å². The van der Waals surface area contributed by atoms with E-state index in [1.807, 2.05) is 24.3 Å². The van der Waals surface area contributed by atoms with Gasteiger partial charge in [0.25, 0.3) is 0 Å². The van der Waals surface area contributed by atoms with E-state index >= 15 is 0 Å². The molecule has 5 nitrogen and oxygen atoms in total. The molecule has 2 N–H and O–H groups in total. The fraction of sp³-hybridized carbons (Fsp3) is 0.176. The highest BCUT2D eigenvalue weighted by Crippen LogP contribution is 2.33. The zero-order chi connectivity index (χ0) is 18.4. The molecule has 0 aliphatic rings. The summed E-state index contributed by atoms with van der Waals surface area (Å²) in [7, 11) is 1.60. The van der Waals surface area contributed by atoms with Crippen LogP contribution < -0.4 is 15.4 Å². The van der Waals surface area contributed by atoms with Crippen LogP contribution in [0.3, 0.4) is 0 Å². The van der Waals surface area contributed by atoms with Crippen molar-refractivity contribution in [3.05, 3.63) is 56.5 Å². The first-order valence-corrected chi connectivity index (χ1v) is 8.82. The second-order valence-corrected chi connectivity index (χ2v) is 6.67. The fourth-order valence-corrected chi connectivity index (χ4v) is 2.72. The number of rotatable bonds is 5. The number of hydrogen-bond donors (Lipinski definition) is 2. The van der Waals surface area contributed by atoms with Crippen LogP contribution in [0.25, 0.3) is 0 Å². The predicted octanol–water partition coefficient (Wildman–Crippen LogP) is 4.06. The van der Waals surface area contributed by atoms with Crippen LogP contribution in [-0.2, 0) is 16.0 Å². The zero-order valence-corrected chi connectivity index (χ0v) is 16.3. The molecule has 0 aliphatic heterocycles. The van der Waals surface area contributed by atoms with E-state index < -0.39 is 11.8 Å². The van der Waals surface area contributed by atoms with Gasteiger partial charge in [0.1, 0.15) is 5.75 Å². The molecule has 2 aromatic carbocycles. The number of carbonyl (C=O) groups is 2. The normalized spacial score (nSPS) is 10.2. The summed E-state index contributed by atoms with van der Waals surface area (Å²) in [5.74, 6) is -0.758. The van der Waals surface area contributed by atoms with Gasteiger partial charge in [-0.1, -0.05) is 35.3 Å². The van der Waals surface area contributed by atoms with E-state index in [4.69, 9.17) is 27.9 Å². The summed E-state index contributed by atoms with van der Waals surface area (Å²) in [6, 6.07) is 10.5. The zero-order valence-electron chi connectivity index (χ0n) is 13.2. The van der Waals surface area contributed by atoms with Gasteiger partial charge in [-0.05, 0) is 52.2 Å².